The molecule has 1 aromatic heterocycles. The van der Waals surface area contributed by atoms with E-state index in [9.17, 15) is 0 Å². The smallest absolute Gasteiger partial charge is 0.0761 e. The number of ether oxygens (including phenoxy) is 1. The van der Waals surface area contributed by atoms with Crippen molar-refractivity contribution in [1.29, 1.82) is 0 Å². The third kappa shape index (κ3) is 3.18. The van der Waals surface area contributed by atoms with Crippen LogP contribution in [0.15, 0.2) is 18.3 Å². The van der Waals surface area contributed by atoms with Crippen LogP contribution in [0.4, 0.5) is 0 Å². The molecule has 94 valence electrons. The summed E-state index contributed by atoms with van der Waals surface area (Å²) < 4.78 is 5.41. The molecule has 0 aromatic carbocycles. The van der Waals surface area contributed by atoms with E-state index in [1.54, 1.807) is 0 Å². The maximum absolute atomic E-state index is 6.24. The molecular weight excluding hydrogens is 236 g/mol. The second-order valence-electron chi connectivity index (χ2n) is 4.36. The normalized spacial score (nSPS) is 19.2. The van der Waals surface area contributed by atoms with Gasteiger partial charge < -0.3 is 10.1 Å². The third-order valence-corrected chi connectivity index (χ3v) is 3.56. The Morgan fingerprint density at radius 1 is 1.53 bits per heavy atom. The van der Waals surface area contributed by atoms with E-state index < -0.39 is 0 Å². The van der Waals surface area contributed by atoms with Crippen molar-refractivity contribution in [1.82, 2.24) is 10.3 Å². The fourth-order valence-electron chi connectivity index (χ4n) is 2.38. The summed E-state index contributed by atoms with van der Waals surface area (Å²) in [5.41, 5.74) is 0.975. The van der Waals surface area contributed by atoms with Gasteiger partial charge in [-0.25, -0.2) is 0 Å². The van der Waals surface area contributed by atoms with Crippen molar-refractivity contribution in [2.45, 2.75) is 25.8 Å². The van der Waals surface area contributed by atoms with Crippen molar-refractivity contribution in [3.8, 4) is 0 Å². The number of nitrogens with zero attached hydrogens (tertiary/aromatic N) is 1. The Balaban J connectivity index is 2.18. The van der Waals surface area contributed by atoms with Crippen LogP contribution in [0.5, 0.6) is 0 Å². The molecule has 1 N–H and O–H groups in total. The fourth-order valence-corrected chi connectivity index (χ4v) is 2.62. The molecule has 0 amide bonds. The number of halogens is 1. The van der Waals surface area contributed by atoms with Gasteiger partial charge in [0.2, 0.25) is 0 Å². The van der Waals surface area contributed by atoms with Gasteiger partial charge in [0.25, 0.3) is 0 Å². The molecule has 1 aliphatic rings. The highest BCUT2D eigenvalue weighted by atomic mass is 35.5. The molecule has 0 bridgehead atoms. The van der Waals surface area contributed by atoms with Gasteiger partial charge in [-0.2, -0.15) is 0 Å². The van der Waals surface area contributed by atoms with Crippen LogP contribution in [0.2, 0.25) is 5.02 Å². The highest BCUT2D eigenvalue weighted by Gasteiger charge is 2.27. The quantitative estimate of drug-likeness (QED) is 0.897. The van der Waals surface area contributed by atoms with Crippen LogP contribution in [0.1, 0.15) is 31.5 Å². The summed E-state index contributed by atoms with van der Waals surface area (Å²) in [5, 5.41) is 4.26. The van der Waals surface area contributed by atoms with E-state index in [0.717, 1.165) is 43.3 Å². The molecule has 2 heterocycles. The van der Waals surface area contributed by atoms with Gasteiger partial charge in [-0.05, 0) is 37.4 Å². The Morgan fingerprint density at radius 2 is 2.29 bits per heavy atom. The predicted octanol–water partition coefficient (Wildman–Crippen LogP) is 2.81. The number of nitrogens with one attached hydrogen (secondary N) is 1. The van der Waals surface area contributed by atoms with Crippen LogP contribution in [0.3, 0.4) is 0 Å². The van der Waals surface area contributed by atoms with Gasteiger partial charge in [-0.1, -0.05) is 18.5 Å². The van der Waals surface area contributed by atoms with Crippen molar-refractivity contribution in [2.24, 2.45) is 5.92 Å². The second kappa shape index (κ2) is 6.34. The second-order valence-corrected chi connectivity index (χ2v) is 4.76. The molecule has 0 aliphatic carbocycles. The zero-order chi connectivity index (χ0) is 12.1. The maximum atomic E-state index is 6.24. The molecule has 17 heavy (non-hydrogen) atoms. The topological polar surface area (TPSA) is 34.2 Å². The first kappa shape index (κ1) is 12.8. The molecule has 1 unspecified atom stereocenters. The Labute approximate surface area is 108 Å². The third-order valence-electron chi connectivity index (χ3n) is 3.24. The Bertz CT molecular complexity index is 353. The predicted molar refractivity (Wildman–Crippen MR) is 69.2 cm³/mol. The van der Waals surface area contributed by atoms with Crippen molar-refractivity contribution in [3.63, 3.8) is 0 Å². The molecule has 0 spiro atoms. The molecule has 1 fully saturated rings. The zero-order valence-corrected chi connectivity index (χ0v) is 10.9. The van der Waals surface area contributed by atoms with E-state index in [0.29, 0.717) is 5.92 Å². The maximum Gasteiger partial charge on any atom is 0.0761 e. The lowest BCUT2D eigenvalue weighted by Gasteiger charge is -2.30. The van der Waals surface area contributed by atoms with Gasteiger partial charge in [0, 0.05) is 19.4 Å². The van der Waals surface area contributed by atoms with Crippen LogP contribution in [-0.2, 0) is 4.74 Å². The minimum absolute atomic E-state index is 0.248. The van der Waals surface area contributed by atoms with Crippen molar-refractivity contribution in [2.75, 3.05) is 19.8 Å². The standard InChI is InChI=1S/C13H19ClN2O/c1-2-15-12(10-5-8-17-9-6-10)13-11(14)4-3-7-16-13/h3-4,7,10,12,15H,2,5-6,8-9H2,1H3. The lowest BCUT2D eigenvalue weighted by Crippen LogP contribution is -2.32. The summed E-state index contributed by atoms with van der Waals surface area (Å²) in [6, 6.07) is 4.03. The molecule has 1 aliphatic heterocycles. The average molecular weight is 255 g/mol. The largest absolute Gasteiger partial charge is 0.381 e. The average Bonchev–Trinajstić information content (AvgIpc) is 2.38. The summed E-state index contributed by atoms with van der Waals surface area (Å²) in [6.07, 6.45) is 3.96. The minimum Gasteiger partial charge on any atom is -0.381 e. The summed E-state index contributed by atoms with van der Waals surface area (Å²) in [6.45, 7) is 4.73. The molecule has 0 radical (unpaired) electrons. The molecule has 1 atom stereocenters. The highest BCUT2D eigenvalue weighted by molar-refractivity contribution is 6.31. The molecular formula is C13H19ClN2O. The first-order chi connectivity index (χ1) is 8.33. The van der Waals surface area contributed by atoms with Crippen LogP contribution < -0.4 is 5.32 Å². The van der Waals surface area contributed by atoms with Gasteiger partial charge >= 0.3 is 0 Å². The Kier molecular flexibility index (Phi) is 4.77. The van der Waals surface area contributed by atoms with Gasteiger partial charge in [0.1, 0.15) is 0 Å². The zero-order valence-electron chi connectivity index (χ0n) is 10.2. The van der Waals surface area contributed by atoms with Crippen molar-refractivity contribution >= 4 is 11.6 Å². The fraction of sp³-hybridized carbons (Fsp3) is 0.615. The molecule has 1 aromatic rings. The van der Waals surface area contributed by atoms with Gasteiger partial charge in [0.05, 0.1) is 16.8 Å². The Morgan fingerprint density at radius 3 is 2.94 bits per heavy atom. The summed E-state index contributed by atoms with van der Waals surface area (Å²) >= 11 is 6.24. The molecule has 0 saturated carbocycles. The van der Waals surface area contributed by atoms with Gasteiger partial charge in [-0.3, -0.25) is 4.98 Å². The highest BCUT2D eigenvalue weighted by Crippen LogP contribution is 2.32. The van der Waals surface area contributed by atoms with Crippen LogP contribution >= 0.6 is 11.6 Å². The van der Waals surface area contributed by atoms with Crippen LogP contribution in [0, 0.1) is 5.92 Å². The lowest BCUT2D eigenvalue weighted by molar-refractivity contribution is 0.0533. The van der Waals surface area contributed by atoms with E-state index in [1.165, 1.54) is 0 Å². The van der Waals surface area contributed by atoms with Crippen molar-refractivity contribution in [3.05, 3.63) is 29.0 Å². The van der Waals surface area contributed by atoms with Gasteiger partial charge in [-0.15, -0.1) is 0 Å². The number of rotatable bonds is 4. The summed E-state index contributed by atoms with van der Waals surface area (Å²) in [7, 11) is 0. The van der Waals surface area contributed by atoms with E-state index in [2.05, 4.69) is 17.2 Å². The van der Waals surface area contributed by atoms with E-state index in [1.807, 2.05) is 18.3 Å². The van der Waals surface area contributed by atoms with Crippen LogP contribution in [0.25, 0.3) is 0 Å². The van der Waals surface area contributed by atoms with E-state index in [4.69, 9.17) is 16.3 Å². The molecule has 1 saturated heterocycles. The monoisotopic (exact) mass is 254 g/mol. The first-order valence-electron chi connectivity index (χ1n) is 6.24. The number of hydrogen-bond acceptors (Lipinski definition) is 3. The van der Waals surface area contributed by atoms with E-state index in [-0.39, 0.29) is 6.04 Å². The minimum atomic E-state index is 0.248. The SMILES string of the molecule is CCNC(c1ncccc1Cl)C1CCOCC1. The van der Waals surface area contributed by atoms with Crippen molar-refractivity contribution < 1.29 is 4.74 Å². The molecule has 3 nitrogen and oxygen atoms in total. The summed E-state index contributed by atoms with van der Waals surface area (Å²) in [4.78, 5) is 4.44. The lowest BCUT2D eigenvalue weighted by atomic mass is 9.89. The molecule has 2 rings (SSSR count). The summed E-state index contributed by atoms with van der Waals surface area (Å²) in [5.74, 6) is 0.566. The molecule has 4 heteroatoms. The number of pyridine rings is 1. The van der Waals surface area contributed by atoms with E-state index >= 15 is 0 Å². The first-order valence-corrected chi connectivity index (χ1v) is 6.62. The van der Waals surface area contributed by atoms with Gasteiger partial charge in [0.15, 0.2) is 0 Å². The number of hydrogen-bond donors (Lipinski definition) is 1. The Hall–Kier alpha value is -0.640. The number of aromatic nitrogens is 1. The van der Waals surface area contributed by atoms with Crippen LogP contribution in [-0.4, -0.2) is 24.7 Å².